The molecule has 1 heterocycles. The molecule has 0 aliphatic heterocycles. The SMILES string of the molecule is CCOC(=O)C#CCCCOc1c(C)cc(-c2noc(C3CC3)n2)cc1C. The van der Waals surface area contributed by atoms with Crippen LogP contribution < -0.4 is 4.74 Å². The summed E-state index contributed by atoms with van der Waals surface area (Å²) < 4.78 is 16.0. The average Bonchev–Trinajstić information content (AvgIpc) is 3.36. The molecule has 0 bridgehead atoms. The molecule has 6 nitrogen and oxygen atoms in total. The molecule has 0 amide bonds. The van der Waals surface area contributed by atoms with Gasteiger partial charge in [0.2, 0.25) is 11.7 Å². The van der Waals surface area contributed by atoms with Crippen LogP contribution in [0.4, 0.5) is 0 Å². The lowest BCUT2D eigenvalue weighted by Crippen LogP contribution is -2.02. The van der Waals surface area contributed by atoms with Crippen molar-refractivity contribution in [2.45, 2.75) is 52.4 Å². The molecule has 0 N–H and O–H groups in total. The van der Waals surface area contributed by atoms with Crippen LogP contribution >= 0.6 is 0 Å². The molecule has 142 valence electrons. The van der Waals surface area contributed by atoms with E-state index in [0.717, 1.165) is 47.6 Å². The zero-order valence-corrected chi connectivity index (χ0v) is 16.0. The molecule has 1 aromatic heterocycles. The molecule has 0 spiro atoms. The van der Waals surface area contributed by atoms with Gasteiger partial charge in [-0.05, 0) is 63.3 Å². The van der Waals surface area contributed by atoms with Crippen molar-refractivity contribution >= 4 is 5.97 Å². The Hall–Kier alpha value is -2.81. The molecular formula is C21H24N2O4. The van der Waals surface area contributed by atoms with E-state index in [9.17, 15) is 4.79 Å². The minimum Gasteiger partial charge on any atom is -0.493 e. The lowest BCUT2D eigenvalue weighted by atomic mass is 10.1. The van der Waals surface area contributed by atoms with E-state index in [1.165, 1.54) is 0 Å². The Labute approximate surface area is 159 Å². The third-order valence-corrected chi connectivity index (χ3v) is 4.25. The summed E-state index contributed by atoms with van der Waals surface area (Å²) in [6, 6.07) is 4.04. The number of esters is 1. The van der Waals surface area contributed by atoms with Crippen LogP contribution in [0.3, 0.4) is 0 Å². The summed E-state index contributed by atoms with van der Waals surface area (Å²) in [6.07, 6.45) is 3.59. The number of aromatic nitrogens is 2. The first kappa shape index (κ1) is 19.0. The van der Waals surface area contributed by atoms with Crippen molar-refractivity contribution in [1.29, 1.82) is 0 Å². The van der Waals surface area contributed by atoms with E-state index in [0.29, 0.717) is 31.4 Å². The molecule has 1 aromatic carbocycles. The van der Waals surface area contributed by atoms with Crippen molar-refractivity contribution in [1.82, 2.24) is 10.1 Å². The molecule has 6 heteroatoms. The Morgan fingerprint density at radius 3 is 2.70 bits per heavy atom. The van der Waals surface area contributed by atoms with Crippen LogP contribution in [0.5, 0.6) is 5.75 Å². The van der Waals surface area contributed by atoms with Gasteiger partial charge in [0.25, 0.3) is 0 Å². The van der Waals surface area contributed by atoms with Crippen molar-refractivity contribution in [2.24, 2.45) is 0 Å². The van der Waals surface area contributed by atoms with Gasteiger partial charge in [0.15, 0.2) is 0 Å². The topological polar surface area (TPSA) is 74.5 Å². The standard InChI is InChI=1S/C21H24N2O4/c1-4-25-18(24)8-6-5-7-11-26-19-14(2)12-17(13-15(19)3)20-22-21(27-23-20)16-9-10-16/h12-13,16H,4-5,7,9-11H2,1-3H3. The van der Waals surface area contributed by atoms with Crippen LogP contribution in [0.2, 0.25) is 0 Å². The number of benzene rings is 1. The third-order valence-electron chi connectivity index (χ3n) is 4.25. The van der Waals surface area contributed by atoms with Crippen LogP contribution in [-0.4, -0.2) is 29.3 Å². The van der Waals surface area contributed by atoms with Crippen LogP contribution in [-0.2, 0) is 9.53 Å². The molecule has 0 saturated heterocycles. The van der Waals surface area contributed by atoms with Crippen LogP contribution in [0.25, 0.3) is 11.4 Å². The maximum absolute atomic E-state index is 11.1. The quantitative estimate of drug-likeness (QED) is 0.319. The number of carbonyl (C=O) groups excluding carboxylic acids is 1. The number of unbranched alkanes of at least 4 members (excludes halogenated alkanes) is 1. The zero-order chi connectivity index (χ0) is 19.2. The first-order chi connectivity index (χ1) is 13.1. The largest absolute Gasteiger partial charge is 0.493 e. The summed E-state index contributed by atoms with van der Waals surface area (Å²) >= 11 is 0. The Bertz CT molecular complexity index is 849. The molecule has 3 rings (SSSR count). The van der Waals surface area contributed by atoms with E-state index in [2.05, 4.69) is 22.0 Å². The van der Waals surface area contributed by atoms with Gasteiger partial charge in [-0.1, -0.05) is 11.1 Å². The van der Waals surface area contributed by atoms with E-state index < -0.39 is 5.97 Å². The smallest absolute Gasteiger partial charge is 0.384 e. The second-order valence-electron chi connectivity index (χ2n) is 6.64. The van der Waals surface area contributed by atoms with Crippen molar-refractivity contribution < 1.29 is 18.8 Å². The molecule has 27 heavy (non-hydrogen) atoms. The average molecular weight is 368 g/mol. The normalized spacial score (nSPS) is 13.0. The summed E-state index contributed by atoms with van der Waals surface area (Å²) in [5, 5.41) is 4.10. The number of rotatable bonds is 7. The van der Waals surface area contributed by atoms with Gasteiger partial charge in [-0.2, -0.15) is 4.98 Å². The molecule has 0 atom stereocenters. The number of hydrogen-bond acceptors (Lipinski definition) is 6. The van der Waals surface area contributed by atoms with E-state index in [1.807, 2.05) is 26.0 Å². The molecule has 0 radical (unpaired) electrons. The predicted molar refractivity (Wildman–Crippen MR) is 100 cm³/mol. The second-order valence-corrected chi connectivity index (χ2v) is 6.64. The number of ether oxygens (including phenoxy) is 2. The van der Waals surface area contributed by atoms with Crippen LogP contribution in [0.15, 0.2) is 16.7 Å². The fraction of sp³-hybridized carbons (Fsp3) is 0.476. The predicted octanol–water partition coefficient (Wildman–Crippen LogP) is 3.96. The number of carbonyl (C=O) groups is 1. The Kier molecular flexibility index (Phi) is 6.12. The fourth-order valence-electron chi connectivity index (χ4n) is 2.79. The molecule has 1 aliphatic rings. The minimum atomic E-state index is -0.480. The summed E-state index contributed by atoms with van der Waals surface area (Å²) in [7, 11) is 0. The Balaban J connectivity index is 1.56. The van der Waals surface area contributed by atoms with E-state index in [-0.39, 0.29) is 0 Å². The zero-order valence-electron chi connectivity index (χ0n) is 16.0. The molecule has 2 aromatic rings. The monoisotopic (exact) mass is 368 g/mol. The first-order valence-electron chi connectivity index (χ1n) is 9.32. The van der Waals surface area contributed by atoms with Gasteiger partial charge in [0.1, 0.15) is 5.75 Å². The second kappa shape index (κ2) is 8.72. The van der Waals surface area contributed by atoms with Crippen LogP contribution in [0.1, 0.15) is 55.5 Å². The van der Waals surface area contributed by atoms with Gasteiger partial charge < -0.3 is 14.0 Å². The van der Waals surface area contributed by atoms with Crippen LogP contribution in [0, 0.1) is 25.7 Å². The van der Waals surface area contributed by atoms with Crippen molar-refractivity contribution in [2.75, 3.05) is 13.2 Å². The van der Waals surface area contributed by atoms with Gasteiger partial charge in [-0.3, -0.25) is 0 Å². The van der Waals surface area contributed by atoms with Gasteiger partial charge in [0.05, 0.1) is 13.2 Å². The minimum absolute atomic E-state index is 0.344. The molecule has 1 aliphatic carbocycles. The summed E-state index contributed by atoms with van der Waals surface area (Å²) in [6.45, 7) is 6.65. The highest BCUT2D eigenvalue weighted by Crippen LogP contribution is 2.39. The maximum Gasteiger partial charge on any atom is 0.384 e. The highest BCUT2D eigenvalue weighted by atomic mass is 16.5. The lowest BCUT2D eigenvalue weighted by molar-refractivity contribution is -0.136. The highest BCUT2D eigenvalue weighted by Gasteiger charge is 2.29. The van der Waals surface area contributed by atoms with E-state index in [4.69, 9.17) is 14.0 Å². The van der Waals surface area contributed by atoms with Crippen molar-refractivity contribution in [3.8, 4) is 29.0 Å². The molecule has 0 unspecified atom stereocenters. The maximum atomic E-state index is 11.1. The molecular weight excluding hydrogens is 344 g/mol. The number of nitrogens with zero attached hydrogens (tertiary/aromatic N) is 2. The van der Waals surface area contributed by atoms with Crippen molar-refractivity contribution in [3.05, 3.63) is 29.2 Å². The molecule has 1 saturated carbocycles. The van der Waals surface area contributed by atoms with Gasteiger partial charge >= 0.3 is 5.97 Å². The first-order valence-corrected chi connectivity index (χ1v) is 9.32. The van der Waals surface area contributed by atoms with Gasteiger partial charge in [0, 0.05) is 23.8 Å². The van der Waals surface area contributed by atoms with Crippen molar-refractivity contribution in [3.63, 3.8) is 0 Å². The summed E-state index contributed by atoms with van der Waals surface area (Å²) in [4.78, 5) is 15.6. The number of aryl methyl sites for hydroxylation is 2. The number of hydrogen-bond donors (Lipinski definition) is 0. The van der Waals surface area contributed by atoms with Gasteiger partial charge in [-0.25, -0.2) is 4.79 Å². The lowest BCUT2D eigenvalue weighted by Gasteiger charge is -2.12. The fourth-order valence-corrected chi connectivity index (χ4v) is 2.79. The summed E-state index contributed by atoms with van der Waals surface area (Å²) in [5.74, 6) is 7.46. The van der Waals surface area contributed by atoms with Gasteiger partial charge in [-0.15, -0.1) is 0 Å². The highest BCUT2D eigenvalue weighted by molar-refractivity contribution is 5.88. The Morgan fingerprint density at radius 2 is 2.04 bits per heavy atom. The van der Waals surface area contributed by atoms with E-state index >= 15 is 0 Å². The van der Waals surface area contributed by atoms with E-state index in [1.54, 1.807) is 6.92 Å². The molecule has 1 fully saturated rings. The third kappa shape index (κ3) is 5.10. The summed E-state index contributed by atoms with van der Waals surface area (Å²) in [5.41, 5.74) is 2.99. The Morgan fingerprint density at radius 1 is 1.30 bits per heavy atom.